The predicted octanol–water partition coefficient (Wildman–Crippen LogP) is 4.11. The molecule has 0 amide bonds. The molecule has 0 heterocycles. The molecule has 112 valence electrons. The second-order valence-corrected chi connectivity index (χ2v) is 6.25. The molecule has 1 atom stereocenters. The van der Waals surface area contributed by atoms with Crippen molar-refractivity contribution in [2.75, 3.05) is 26.7 Å². The molecular weight excluding hydrogens is 268 g/mol. The lowest BCUT2D eigenvalue weighted by molar-refractivity contribution is 0.178. The molecule has 0 bridgehead atoms. The van der Waals surface area contributed by atoms with Crippen molar-refractivity contribution in [2.24, 2.45) is 5.92 Å². The Bertz CT molecular complexity index is 404. The van der Waals surface area contributed by atoms with Crippen molar-refractivity contribution in [1.29, 1.82) is 0 Å². The lowest BCUT2D eigenvalue weighted by Gasteiger charge is -2.32. The number of nitrogens with one attached hydrogen (secondary N) is 1. The average molecular weight is 295 g/mol. The third-order valence-corrected chi connectivity index (χ3v) is 4.90. The lowest BCUT2D eigenvalue weighted by Crippen LogP contribution is -2.34. The summed E-state index contributed by atoms with van der Waals surface area (Å²) in [5, 5.41) is 4.28. The number of rotatable bonds is 8. The highest BCUT2D eigenvalue weighted by Gasteiger charge is 2.21. The van der Waals surface area contributed by atoms with Crippen molar-refractivity contribution < 1.29 is 0 Å². The quantitative estimate of drug-likeness (QED) is 0.776. The van der Waals surface area contributed by atoms with Gasteiger partial charge in [0, 0.05) is 17.6 Å². The van der Waals surface area contributed by atoms with Crippen LogP contribution in [0.4, 0.5) is 0 Å². The van der Waals surface area contributed by atoms with Crippen molar-refractivity contribution in [2.45, 2.75) is 38.6 Å². The summed E-state index contributed by atoms with van der Waals surface area (Å²) in [4.78, 5) is 2.59. The Morgan fingerprint density at radius 3 is 2.65 bits per heavy atom. The number of hydrogen-bond acceptors (Lipinski definition) is 2. The Morgan fingerprint density at radius 2 is 2.10 bits per heavy atom. The van der Waals surface area contributed by atoms with Gasteiger partial charge in [-0.3, -0.25) is 0 Å². The van der Waals surface area contributed by atoms with E-state index >= 15 is 0 Å². The molecule has 0 aliphatic heterocycles. The van der Waals surface area contributed by atoms with Crippen LogP contribution in [-0.2, 0) is 0 Å². The molecule has 0 aromatic heterocycles. The minimum atomic E-state index is 0.346. The Kier molecular flexibility index (Phi) is 6.34. The molecule has 1 saturated carbocycles. The number of nitrogens with zero attached hydrogens (tertiary/aromatic N) is 1. The van der Waals surface area contributed by atoms with Crippen LogP contribution in [0.3, 0.4) is 0 Å². The second-order valence-electron chi connectivity index (χ2n) is 5.84. The molecule has 1 aromatic carbocycles. The summed E-state index contributed by atoms with van der Waals surface area (Å²) in [5.41, 5.74) is 1.22. The van der Waals surface area contributed by atoms with E-state index in [9.17, 15) is 0 Å². The third kappa shape index (κ3) is 4.21. The van der Waals surface area contributed by atoms with Crippen LogP contribution >= 0.6 is 11.6 Å². The molecule has 0 radical (unpaired) electrons. The molecule has 20 heavy (non-hydrogen) atoms. The van der Waals surface area contributed by atoms with Gasteiger partial charge >= 0.3 is 0 Å². The van der Waals surface area contributed by atoms with Crippen LogP contribution in [0.5, 0.6) is 0 Å². The van der Waals surface area contributed by atoms with E-state index in [-0.39, 0.29) is 0 Å². The number of benzene rings is 1. The van der Waals surface area contributed by atoms with Crippen molar-refractivity contribution in [3.63, 3.8) is 0 Å². The topological polar surface area (TPSA) is 15.3 Å². The van der Waals surface area contributed by atoms with Crippen molar-refractivity contribution in [3.05, 3.63) is 34.9 Å². The normalized spacial score (nSPS) is 17.2. The SMILES string of the molecule is CCN(CCC(NC)c1ccccc1Cl)CC1CCC1. The van der Waals surface area contributed by atoms with E-state index in [2.05, 4.69) is 29.3 Å². The first kappa shape index (κ1) is 15.8. The Balaban J connectivity index is 1.87. The van der Waals surface area contributed by atoms with Crippen LogP contribution in [0.15, 0.2) is 24.3 Å². The maximum atomic E-state index is 6.31. The molecule has 1 aliphatic rings. The van der Waals surface area contributed by atoms with E-state index in [1.165, 1.54) is 31.4 Å². The van der Waals surface area contributed by atoms with Crippen molar-refractivity contribution in [1.82, 2.24) is 10.2 Å². The van der Waals surface area contributed by atoms with Gasteiger partial charge in [-0.15, -0.1) is 0 Å². The van der Waals surface area contributed by atoms with Gasteiger partial charge in [-0.25, -0.2) is 0 Å². The fourth-order valence-electron chi connectivity index (χ4n) is 2.94. The van der Waals surface area contributed by atoms with Crippen molar-refractivity contribution >= 4 is 11.6 Å². The largest absolute Gasteiger partial charge is 0.313 e. The zero-order valence-electron chi connectivity index (χ0n) is 12.7. The summed E-state index contributed by atoms with van der Waals surface area (Å²) in [6.45, 7) is 5.83. The Morgan fingerprint density at radius 1 is 1.35 bits per heavy atom. The summed E-state index contributed by atoms with van der Waals surface area (Å²) < 4.78 is 0. The molecule has 1 N–H and O–H groups in total. The number of hydrogen-bond donors (Lipinski definition) is 1. The molecule has 2 rings (SSSR count). The van der Waals surface area contributed by atoms with Crippen LogP contribution in [0, 0.1) is 5.92 Å². The smallest absolute Gasteiger partial charge is 0.0453 e. The first-order valence-electron chi connectivity index (χ1n) is 7.88. The van der Waals surface area contributed by atoms with E-state index in [0.717, 1.165) is 30.5 Å². The van der Waals surface area contributed by atoms with Crippen LogP contribution in [0.2, 0.25) is 5.02 Å². The molecule has 1 aliphatic carbocycles. The Hall–Kier alpha value is -0.570. The Labute approximate surface area is 128 Å². The van der Waals surface area contributed by atoms with E-state index in [0.29, 0.717) is 6.04 Å². The molecule has 1 aromatic rings. The van der Waals surface area contributed by atoms with E-state index in [1.807, 2.05) is 19.2 Å². The van der Waals surface area contributed by atoms with E-state index in [1.54, 1.807) is 0 Å². The molecule has 3 heteroatoms. The highest BCUT2D eigenvalue weighted by molar-refractivity contribution is 6.31. The first-order valence-corrected chi connectivity index (χ1v) is 8.26. The lowest BCUT2D eigenvalue weighted by atomic mass is 9.85. The van der Waals surface area contributed by atoms with Gasteiger partial charge in [-0.2, -0.15) is 0 Å². The fourth-order valence-corrected chi connectivity index (χ4v) is 3.21. The first-order chi connectivity index (χ1) is 9.74. The zero-order chi connectivity index (χ0) is 14.4. The van der Waals surface area contributed by atoms with Gasteiger partial charge in [0.1, 0.15) is 0 Å². The summed E-state index contributed by atoms with van der Waals surface area (Å²) in [6.07, 6.45) is 5.40. The summed E-state index contributed by atoms with van der Waals surface area (Å²) >= 11 is 6.31. The van der Waals surface area contributed by atoms with Crippen LogP contribution in [-0.4, -0.2) is 31.6 Å². The highest BCUT2D eigenvalue weighted by Crippen LogP contribution is 2.28. The minimum Gasteiger partial charge on any atom is -0.313 e. The minimum absolute atomic E-state index is 0.346. The molecule has 0 saturated heterocycles. The molecule has 1 fully saturated rings. The van der Waals surface area contributed by atoms with Gasteiger partial charge in [0.25, 0.3) is 0 Å². The number of halogens is 1. The average Bonchev–Trinajstić information content (AvgIpc) is 2.42. The predicted molar refractivity (Wildman–Crippen MR) is 87.3 cm³/mol. The van der Waals surface area contributed by atoms with Gasteiger partial charge in [0.15, 0.2) is 0 Å². The standard InChI is InChI=1S/C17H27ClN2/c1-3-20(13-14-7-6-8-14)12-11-17(19-2)15-9-4-5-10-16(15)18/h4-5,9-10,14,17,19H,3,6-8,11-13H2,1-2H3. The van der Waals surface area contributed by atoms with Crippen molar-refractivity contribution in [3.8, 4) is 0 Å². The van der Waals surface area contributed by atoms with Crippen LogP contribution in [0.25, 0.3) is 0 Å². The van der Waals surface area contributed by atoms with Gasteiger partial charge in [0.2, 0.25) is 0 Å². The summed E-state index contributed by atoms with van der Waals surface area (Å²) in [6, 6.07) is 8.52. The molecule has 0 spiro atoms. The van der Waals surface area contributed by atoms with Gasteiger partial charge in [-0.05, 0) is 56.9 Å². The molecule has 1 unspecified atom stereocenters. The highest BCUT2D eigenvalue weighted by atomic mass is 35.5. The zero-order valence-corrected chi connectivity index (χ0v) is 13.5. The summed E-state index contributed by atoms with van der Waals surface area (Å²) in [5.74, 6) is 0.947. The van der Waals surface area contributed by atoms with Crippen LogP contribution < -0.4 is 5.32 Å². The third-order valence-electron chi connectivity index (χ3n) is 4.55. The maximum absolute atomic E-state index is 6.31. The van der Waals surface area contributed by atoms with Gasteiger partial charge in [0.05, 0.1) is 0 Å². The molecule has 2 nitrogen and oxygen atoms in total. The molecular formula is C17H27ClN2. The monoisotopic (exact) mass is 294 g/mol. The second kappa shape index (κ2) is 8.02. The van der Waals surface area contributed by atoms with E-state index < -0.39 is 0 Å². The van der Waals surface area contributed by atoms with Gasteiger partial charge in [-0.1, -0.05) is 43.1 Å². The van der Waals surface area contributed by atoms with Gasteiger partial charge < -0.3 is 10.2 Å². The maximum Gasteiger partial charge on any atom is 0.0453 e. The summed E-state index contributed by atoms with van der Waals surface area (Å²) in [7, 11) is 2.02. The van der Waals surface area contributed by atoms with E-state index in [4.69, 9.17) is 11.6 Å². The van der Waals surface area contributed by atoms with Crippen LogP contribution in [0.1, 0.15) is 44.2 Å². The fraction of sp³-hybridized carbons (Fsp3) is 0.647.